The molecule has 0 bridgehead atoms. The smallest absolute Gasteiger partial charge is 0.379 e. The highest BCUT2D eigenvalue weighted by molar-refractivity contribution is 6.43. The average Bonchev–Trinajstić information content (AvgIpc) is 2.38. The predicted octanol–water partition coefficient (Wildman–Crippen LogP) is 1.90. The standard InChI is InChI=1S/C13H10O4/c1-17-13(16)12(15)10-6-7-11(14)9-5-3-2-4-8(9)10/h2-7,14H,1H3. The number of ketones is 1. The minimum Gasteiger partial charge on any atom is -0.507 e. The minimum atomic E-state index is -0.916. The van der Waals surface area contributed by atoms with Crippen LogP contribution in [0, 0.1) is 0 Å². The van der Waals surface area contributed by atoms with Gasteiger partial charge in [0.25, 0.3) is 5.78 Å². The van der Waals surface area contributed by atoms with Crippen molar-refractivity contribution >= 4 is 22.5 Å². The van der Waals surface area contributed by atoms with Gasteiger partial charge in [-0.25, -0.2) is 4.79 Å². The second-order valence-corrected chi connectivity index (χ2v) is 3.50. The summed E-state index contributed by atoms with van der Waals surface area (Å²) in [4.78, 5) is 23.0. The van der Waals surface area contributed by atoms with Crippen molar-refractivity contribution in [3.8, 4) is 5.75 Å². The average molecular weight is 230 g/mol. The van der Waals surface area contributed by atoms with Gasteiger partial charge in [-0.05, 0) is 17.5 Å². The maximum Gasteiger partial charge on any atom is 0.379 e. The lowest BCUT2D eigenvalue weighted by molar-refractivity contribution is -0.135. The number of carbonyl (C=O) groups is 2. The molecule has 0 amide bonds. The third kappa shape index (κ3) is 1.85. The number of phenolic OH excluding ortho intramolecular Hbond substituents is 1. The highest BCUT2D eigenvalue weighted by Gasteiger charge is 2.19. The summed E-state index contributed by atoms with van der Waals surface area (Å²) in [6.07, 6.45) is 0. The summed E-state index contributed by atoms with van der Waals surface area (Å²) in [5, 5.41) is 10.7. The zero-order valence-electron chi connectivity index (χ0n) is 9.14. The Bertz CT molecular complexity index is 601. The van der Waals surface area contributed by atoms with Gasteiger partial charge in [0.15, 0.2) is 0 Å². The first-order chi connectivity index (χ1) is 8.15. The van der Waals surface area contributed by atoms with Crippen molar-refractivity contribution in [2.24, 2.45) is 0 Å². The maximum atomic E-state index is 11.7. The molecular formula is C13H10O4. The van der Waals surface area contributed by atoms with Crippen molar-refractivity contribution in [3.63, 3.8) is 0 Å². The first-order valence-corrected chi connectivity index (χ1v) is 4.98. The number of phenols is 1. The van der Waals surface area contributed by atoms with Gasteiger partial charge in [-0.2, -0.15) is 0 Å². The second-order valence-electron chi connectivity index (χ2n) is 3.50. The van der Waals surface area contributed by atoms with Crippen LogP contribution in [-0.4, -0.2) is 24.0 Å². The molecule has 0 saturated heterocycles. The Hall–Kier alpha value is -2.36. The normalized spacial score (nSPS) is 10.2. The van der Waals surface area contributed by atoms with Crippen molar-refractivity contribution < 1.29 is 19.4 Å². The second kappa shape index (κ2) is 4.25. The lowest BCUT2D eigenvalue weighted by Crippen LogP contribution is -2.15. The zero-order chi connectivity index (χ0) is 12.4. The molecule has 0 heterocycles. The van der Waals surface area contributed by atoms with E-state index in [1.54, 1.807) is 24.3 Å². The molecule has 0 aliphatic carbocycles. The molecule has 0 aliphatic heterocycles. The van der Waals surface area contributed by atoms with Crippen molar-refractivity contribution in [3.05, 3.63) is 42.0 Å². The highest BCUT2D eigenvalue weighted by atomic mass is 16.5. The zero-order valence-corrected chi connectivity index (χ0v) is 9.14. The van der Waals surface area contributed by atoms with Gasteiger partial charge in [-0.1, -0.05) is 24.3 Å². The summed E-state index contributed by atoms with van der Waals surface area (Å²) in [5.74, 6) is -1.56. The van der Waals surface area contributed by atoms with Gasteiger partial charge in [0.05, 0.1) is 7.11 Å². The summed E-state index contributed by atoms with van der Waals surface area (Å²) in [7, 11) is 1.16. The van der Waals surface area contributed by atoms with E-state index in [4.69, 9.17) is 0 Å². The summed E-state index contributed by atoms with van der Waals surface area (Å²) < 4.78 is 4.39. The molecule has 0 aliphatic rings. The SMILES string of the molecule is COC(=O)C(=O)c1ccc(O)c2ccccc12. The molecular weight excluding hydrogens is 220 g/mol. The van der Waals surface area contributed by atoms with E-state index >= 15 is 0 Å². The third-order valence-corrected chi connectivity index (χ3v) is 2.52. The summed E-state index contributed by atoms with van der Waals surface area (Å²) in [6.45, 7) is 0. The Morgan fingerprint density at radius 1 is 1.06 bits per heavy atom. The lowest BCUT2D eigenvalue weighted by atomic mass is 10.0. The molecule has 0 spiro atoms. The van der Waals surface area contributed by atoms with Gasteiger partial charge in [0.2, 0.25) is 0 Å². The number of fused-ring (bicyclic) bond motifs is 1. The fourth-order valence-electron chi connectivity index (χ4n) is 1.68. The Kier molecular flexibility index (Phi) is 2.78. The molecule has 2 aromatic rings. The number of carbonyl (C=O) groups excluding carboxylic acids is 2. The van der Waals surface area contributed by atoms with Crippen LogP contribution in [0.4, 0.5) is 0 Å². The van der Waals surface area contributed by atoms with E-state index in [1.165, 1.54) is 12.1 Å². The molecule has 4 heteroatoms. The van der Waals surface area contributed by atoms with E-state index in [0.29, 0.717) is 10.8 Å². The van der Waals surface area contributed by atoms with Gasteiger partial charge < -0.3 is 9.84 Å². The van der Waals surface area contributed by atoms with Gasteiger partial charge in [0, 0.05) is 10.9 Å². The van der Waals surface area contributed by atoms with Gasteiger partial charge in [-0.3, -0.25) is 4.79 Å². The fraction of sp³-hybridized carbons (Fsp3) is 0.0769. The number of hydrogen-bond donors (Lipinski definition) is 1. The van der Waals surface area contributed by atoms with Crippen molar-refractivity contribution in [2.45, 2.75) is 0 Å². The summed E-state index contributed by atoms with van der Waals surface area (Å²) in [5.41, 5.74) is 0.227. The Labute approximate surface area is 97.4 Å². The molecule has 0 radical (unpaired) electrons. The number of methoxy groups -OCH3 is 1. The van der Waals surface area contributed by atoms with Crippen molar-refractivity contribution in [1.29, 1.82) is 0 Å². The highest BCUT2D eigenvalue weighted by Crippen LogP contribution is 2.27. The molecule has 1 N–H and O–H groups in total. The van der Waals surface area contributed by atoms with Gasteiger partial charge in [0.1, 0.15) is 5.75 Å². The van der Waals surface area contributed by atoms with Gasteiger partial charge in [-0.15, -0.1) is 0 Å². The molecule has 0 unspecified atom stereocenters. The number of Topliss-reactive ketones (excluding diaryl/α,β-unsaturated/α-hetero) is 1. The number of esters is 1. The molecule has 4 nitrogen and oxygen atoms in total. The van der Waals surface area contributed by atoms with Crippen molar-refractivity contribution in [2.75, 3.05) is 7.11 Å². The predicted molar refractivity (Wildman–Crippen MR) is 62.0 cm³/mol. The van der Waals surface area contributed by atoms with Gasteiger partial charge >= 0.3 is 5.97 Å². The number of rotatable bonds is 2. The van der Waals surface area contributed by atoms with E-state index in [-0.39, 0.29) is 11.3 Å². The van der Waals surface area contributed by atoms with E-state index in [1.807, 2.05) is 0 Å². The topological polar surface area (TPSA) is 63.6 Å². The van der Waals surface area contributed by atoms with E-state index in [9.17, 15) is 14.7 Å². The lowest BCUT2D eigenvalue weighted by Gasteiger charge is -2.05. The van der Waals surface area contributed by atoms with Crippen LogP contribution in [0.3, 0.4) is 0 Å². The molecule has 86 valence electrons. The number of benzene rings is 2. The van der Waals surface area contributed by atoms with Crippen LogP contribution in [0.15, 0.2) is 36.4 Å². The molecule has 0 fully saturated rings. The summed E-state index contributed by atoms with van der Waals surface area (Å²) >= 11 is 0. The van der Waals surface area contributed by atoms with Crippen LogP contribution in [-0.2, 0) is 9.53 Å². The maximum absolute atomic E-state index is 11.7. The monoisotopic (exact) mass is 230 g/mol. The molecule has 17 heavy (non-hydrogen) atoms. The molecule has 2 aromatic carbocycles. The quantitative estimate of drug-likeness (QED) is 0.486. The van der Waals surface area contributed by atoms with Crippen LogP contribution in [0.2, 0.25) is 0 Å². The van der Waals surface area contributed by atoms with Crippen LogP contribution in [0.1, 0.15) is 10.4 Å². The van der Waals surface area contributed by atoms with E-state index in [2.05, 4.69) is 4.74 Å². The van der Waals surface area contributed by atoms with Crippen LogP contribution >= 0.6 is 0 Å². The Morgan fingerprint density at radius 2 is 1.71 bits per heavy atom. The number of hydrogen-bond acceptors (Lipinski definition) is 4. The van der Waals surface area contributed by atoms with E-state index in [0.717, 1.165) is 7.11 Å². The number of ether oxygens (including phenoxy) is 1. The van der Waals surface area contributed by atoms with Crippen LogP contribution in [0.5, 0.6) is 5.75 Å². The van der Waals surface area contributed by atoms with Crippen molar-refractivity contribution in [1.82, 2.24) is 0 Å². The molecule has 0 atom stereocenters. The minimum absolute atomic E-state index is 0.0713. The first kappa shape index (κ1) is 11.1. The molecule has 0 saturated carbocycles. The van der Waals surface area contributed by atoms with Crippen LogP contribution < -0.4 is 0 Å². The molecule has 0 aromatic heterocycles. The Morgan fingerprint density at radius 3 is 2.35 bits per heavy atom. The first-order valence-electron chi connectivity index (χ1n) is 4.98. The number of aromatic hydroxyl groups is 1. The summed E-state index contributed by atoms with van der Waals surface area (Å²) in [6, 6.07) is 9.63. The molecule has 2 rings (SSSR count). The fourth-order valence-corrected chi connectivity index (χ4v) is 1.68. The van der Waals surface area contributed by atoms with Crippen LogP contribution in [0.25, 0.3) is 10.8 Å². The van der Waals surface area contributed by atoms with E-state index < -0.39 is 11.8 Å². The third-order valence-electron chi connectivity index (χ3n) is 2.52. The largest absolute Gasteiger partial charge is 0.507 e. The Balaban J connectivity index is 2.67.